The molecule has 0 saturated carbocycles. The van der Waals surface area contributed by atoms with Crippen molar-refractivity contribution in [2.45, 2.75) is 52.0 Å². The number of benzene rings is 1. The van der Waals surface area contributed by atoms with Gasteiger partial charge in [0.2, 0.25) is 5.91 Å². The molecular weight excluding hydrogens is 317 g/mol. The molecule has 25 heavy (non-hydrogen) atoms. The van der Waals surface area contributed by atoms with Crippen LogP contribution < -0.4 is 5.32 Å². The lowest BCUT2D eigenvalue weighted by Crippen LogP contribution is -2.30. The molecule has 1 aromatic carbocycles. The van der Waals surface area contributed by atoms with E-state index in [2.05, 4.69) is 12.2 Å². The molecule has 0 aliphatic carbocycles. The molecule has 1 N–H and O–H groups in total. The van der Waals surface area contributed by atoms with E-state index in [4.69, 9.17) is 4.42 Å². The van der Waals surface area contributed by atoms with Gasteiger partial charge in [0.25, 0.3) is 0 Å². The molecule has 1 aromatic heterocycles. The Labute approximate surface area is 148 Å². The first kappa shape index (κ1) is 19.0. The van der Waals surface area contributed by atoms with E-state index in [1.54, 1.807) is 30.3 Å². The number of carbonyl (C=O) groups excluding carboxylic acids is 1. The summed E-state index contributed by atoms with van der Waals surface area (Å²) in [6.45, 7) is 4.21. The summed E-state index contributed by atoms with van der Waals surface area (Å²) in [5, 5.41) is 2.96. The number of amides is 1. The van der Waals surface area contributed by atoms with E-state index in [0.29, 0.717) is 11.5 Å². The monoisotopic (exact) mass is 343 g/mol. The van der Waals surface area contributed by atoms with E-state index in [-0.39, 0.29) is 17.8 Å². The number of nitrogens with one attached hydrogen (secondary N) is 1. The fraction of sp³-hybridized carbons (Fsp3) is 0.381. The van der Waals surface area contributed by atoms with Gasteiger partial charge in [0.05, 0.1) is 0 Å². The number of rotatable bonds is 9. The number of halogens is 1. The predicted molar refractivity (Wildman–Crippen MR) is 99.5 cm³/mol. The SMILES string of the molecule is CCCCCC[C@H](C)NC(=O)/C=C/c1ccc(-c2ccc(F)cc2)o1. The van der Waals surface area contributed by atoms with Crippen LogP contribution in [0, 0.1) is 5.82 Å². The standard InChI is InChI=1S/C21H26FNO2/c1-3-4-5-6-7-16(2)23-21(24)15-13-19-12-14-20(25-19)17-8-10-18(22)11-9-17/h8-16H,3-7H2,1-2H3,(H,23,24)/b15-13+/t16-/m0/s1. The molecule has 0 fully saturated rings. The van der Waals surface area contributed by atoms with Crippen LogP contribution in [0.15, 0.2) is 46.9 Å². The molecular formula is C21H26FNO2. The molecule has 0 radical (unpaired) electrons. The number of furan rings is 1. The quantitative estimate of drug-likeness (QED) is 0.477. The smallest absolute Gasteiger partial charge is 0.244 e. The van der Waals surface area contributed by atoms with Crippen LogP contribution in [0.3, 0.4) is 0 Å². The Hall–Kier alpha value is -2.36. The van der Waals surface area contributed by atoms with Gasteiger partial charge in [-0.1, -0.05) is 32.6 Å². The van der Waals surface area contributed by atoms with Crippen molar-refractivity contribution in [3.05, 3.63) is 54.1 Å². The van der Waals surface area contributed by atoms with Crippen LogP contribution in [0.1, 0.15) is 51.7 Å². The molecule has 0 saturated heterocycles. The maximum Gasteiger partial charge on any atom is 0.244 e. The average molecular weight is 343 g/mol. The van der Waals surface area contributed by atoms with E-state index in [1.807, 2.05) is 6.92 Å². The molecule has 134 valence electrons. The van der Waals surface area contributed by atoms with Gasteiger partial charge in [0.15, 0.2) is 0 Å². The van der Waals surface area contributed by atoms with Crippen molar-refractivity contribution in [3.63, 3.8) is 0 Å². The molecule has 1 amide bonds. The number of unbranched alkanes of at least 4 members (excludes halogenated alkanes) is 3. The Balaban J connectivity index is 1.83. The van der Waals surface area contributed by atoms with Crippen molar-refractivity contribution < 1.29 is 13.6 Å². The van der Waals surface area contributed by atoms with Gasteiger partial charge in [-0.2, -0.15) is 0 Å². The van der Waals surface area contributed by atoms with Crippen LogP contribution in [0.4, 0.5) is 4.39 Å². The van der Waals surface area contributed by atoms with Gasteiger partial charge >= 0.3 is 0 Å². The lowest BCUT2D eigenvalue weighted by atomic mass is 10.1. The summed E-state index contributed by atoms with van der Waals surface area (Å²) in [5.41, 5.74) is 0.797. The lowest BCUT2D eigenvalue weighted by molar-refractivity contribution is -0.117. The maximum absolute atomic E-state index is 13.0. The summed E-state index contributed by atoms with van der Waals surface area (Å²) < 4.78 is 18.6. The van der Waals surface area contributed by atoms with Gasteiger partial charge in [0.1, 0.15) is 17.3 Å². The van der Waals surface area contributed by atoms with Gasteiger partial charge < -0.3 is 9.73 Å². The average Bonchev–Trinajstić information content (AvgIpc) is 3.06. The van der Waals surface area contributed by atoms with Crippen LogP contribution >= 0.6 is 0 Å². The van der Waals surface area contributed by atoms with Gasteiger partial charge in [0, 0.05) is 17.7 Å². The van der Waals surface area contributed by atoms with Crippen LogP contribution in [0.5, 0.6) is 0 Å². The molecule has 0 spiro atoms. The van der Waals surface area contributed by atoms with Crippen LogP contribution in [-0.2, 0) is 4.79 Å². The topological polar surface area (TPSA) is 42.2 Å². The highest BCUT2D eigenvalue weighted by Crippen LogP contribution is 2.23. The molecule has 2 rings (SSSR count). The van der Waals surface area contributed by atoms with Crippen molar-refractivity contribution in [2.75, 3.05) is 0 Å². The zero-order chi connectivity index (χ0) is 18.1. The first-order chi connectivity index (χ1) is 12.1. The first-order valence-corrected chi connectivity index (χ1v) is 8.93. The fourth-order valence-corrected chi connectivity index (χ4v) is 2.61. The van der Waals surface area contributed by atoms with Crippen molar-refractivity contribution in [1.82, 2.24) is 5.32 Å². The van der Waals surface area contributed by atoms with E-state index in [0.717, 1.165) is 18.4 Å². The summed E-state index contributed by atoms with van der Waals surface area (Å²) in [7, 11) is 0. The third kappa shape index (κ3) is 6.57. The maximum atomic E-state index is 13.0. The van der Waals surface area contributed by atoms with Crippen molar-refractivity contribution in [3.8, 4) is 11.3 Å². The molecule has 3 nitrogen and oxygen atoms in total. The van der Waals surface area contributed by atoms with Crippen LogP contribution in [0.25, 0.3) is 17.4 Å². The Bertz CT molecular complexity index is 688. The largest absolute Gasteiger partial charge is 0.457 e. The second kappa shape index (κ2) is 9.82. The fourth-order valence-electron chi connectivity index (χ4n) is 2.61. The zero-order valence-corrected chi connectivity index (χ0v) is 14.9. The van der Waals surface area contributed by atoms with Gasteiger partial charge in [-0.25, -0.2) is 4.39 Å². The highest BCUT2D eigenvalue weighted by atomic mass is 19.1. The minimum atomic E-state index is -0.282. The highest BCUT2D eigenvalue weighted by Gasteiger charge is 2.06. The van der Waals surface area contributed by atoms with Gasteiger partial charge in [-0.05, 0) is 55.8 Å². The second-order valence-corrected chi connectivity index (χ2v) is 6.30. The molecule has 0 aliphatic heterocycles. The van der Waals surface area contributed by atoms with Gasteiger partial charge in [-0.15, -0.1) is 0 Å². The summed E-state index contributed by atoms with van der Waals surface area (Å²) in [6.07, 6.45) is 8.93. The van der Waals surface area contributed by atoms with Crippen LogP contribution in [-0.4, -0.2) is 11.9 Å². The van der Waals surface area contributed by atoms with E-state index in [9.17, 15) is 9.18 Å². The summed E-state index contributed by atoms with van der Waals surface area (Å²) >= 11 is 0. The van der Waals surface area contributed by atoms with Crippen molar-refractivity contribution in [1.29, 1.82) is 0 Å². The second-order valence-electron chi connectivity index (χ2n) is 6.30. The van der Waals surface area contributed by atoms with E-state index >= 15 is 0 Å². The molecule has 4 heteroatoms. The normalized spacial score (nSPS) is 12.4. The predicted octanol–water partition coefficient (Wildman–Crippen LogP) is 5.57. The van der Waals surface area contributed by atoms with E-state index in [1.165, 1.54) is 37.5 Å². The van der Waals surface area contributed by atoms with Crippen molar-refractivity contribution in [2.24, 2.45) is 0 Å². The Kier molecular flexibility index (Phi) is 7.45. The molecule has 2 aromatic rings. The number of hydrogen-bond donors (Lipinski definition) is 1. The first-order valence-electron chi connectivity index (χ1n) is 8.93. The third-order valence-electron chi connectivity index (χ3n) is 4.03. The summed E-state index contributed by atoms with van der Waals surface area (Å²) in [4.78, 5) is 11.9. The Morgan fingerprint density at radius 3 is 2.64 bits per heavy atom. The van der Waals surface area contributed by atoms with E-state index < -0.39 is 0 Å². The highest BCUT2D eigenvalue weighted by molar-refractivity contribution is 5.91. The molecule has 1 atom stereocenters. The molecule has 0 unspecified atom stereocenters. The van der Waals surface area contributed by atoms with Crippen LogP contribution in [0.2, 0.25) is 0 Å². The molecule has 1 heterocycles. The summed E-state index contributed by atoms with van der Waals surface area (Å²) in [6, 6.07) is 9.87. The molecule has 0 bridgehead atoms. The van der Waals surface area contributed by atoms with Gasteiger partial charge in [-0.3, -0.25) is 4.79 Å². The number of carbonyl (C=O) groups is 1. The lowest BCUT2D eigenvalue weighted by Gasteiger charge is -2.11. The Morgan fingerprint density at radius 2 is 1.92 bits per heavy atom. The Morgan fingerprint density at radius 1 is 1.16 bits per heavy atom. The summed E-state index contributed by atoms with van der Waals surface area (Å²) in [5.74, 6) is 0.827. The number of hydrogen-bond acceptors (Lipinski definition) is 2. The zero-order valence-electron chi connectivity index (χ0n) is 14.9. The minimum Gasteiger partial charge on any atom is -0.457 e. The minimum absolute atomic E-state index is 0.122. The molecule has 0 aliphatic rings. The van der Waals surface area contributed by atoms with Crippen molar-refractivity contribution >= 4 is 12.0 Å². The third-order valence-corrected chi connectivity index (χ3v) is 4.03.